The average Bonchev–Trinajstić information content (AvgIpc) is 2.96. The molecule has 0 aliphatic heterocycles. The Labute approximate surface area is 143 Å². The number of nitrogens with zero attached hydrogens (tertiary/aromatic N) is 2. The summed E-state index contributed by atoms with van der Waals surface area (Å²) < 4.78 is 27.5. The number of hydrogen-bond donors (Lipinski definition) is 2. The van der Waals surface area contributed by atoms with E-state index in [1.807, 2.05) is 18.2 Å². The molecule has 9 heteroatoms. The van der Waals surface area contributed by atoms with E-state index in [2.05, 4.69) is 10.4 Å². The van der Waals surface area contributed by atoms with Crippen LogP contribution in [0.5, 0.6) is 0 Å². The molecule has 1 aromatic carbocycles. The van der Waals surface area contributed by atoms with E-state index in [0.717, 1.165) is 5.56 Å². The Morgan fingerprint density at radius 2 is 2.09 bits per heavy atom. The third kappa shape index (κ3) is 5.46. The van der Waals surface area contributed by atoms with E-state index in [-0.39, 0.29) is 18.0 Å². The van der Waals surface area contributed by atoms with E-state index in [1.165, 1.54) is 17.1 Å². The zero-order valence-corrected chi connectivity index (χ0v) is 13.6. The van der Waals surface area contributed by atoms with E-state index >= 15 is 0 Å². The van der Waals surface area contributed by atoms with Crippen molar-refractivity contribution in [2.24, 2.45) is 5.73 Å². The first kappa shape index (κ1) is 19.3. The van der Waals surface area contributed by atoms with Gasteiger partial charge in [-0.3, -0.25) is 9.48 Å². The molecule has 0 saturated carbocycles. The monoisotopic (exact) mass is 364 g/mol. The maximum atomic E-state index is 13.0. The van der Waals surface area contributed by atoms with Crippen molar-refractivity contribution in [3.63, 3.8) is 0 Å². The molecule has 23 heavy (non-hydrogen) atoms. The summed E-state index contributed by atoms with van der Waals surface area (Å²) in [6.45, 7) is -1.25. The number of nitrogens with two attached hydrogens (primary N) is 1. The molecule has 1 aromatic heterocycles. The van der Waals surface area contributed by atoms with Gasteiger partial charge in [-0.15, -0.1) is 12.4 Å². The van der Waals surface area contributed by atoms with Gasteiger partial charge in [0.25, 0.3) is 11.8 Å². The van der Waals surface area contributed by atoms with Crippen molar-refractivity contribution in [2.45, 2.75) is 12.5 Å². The van der Waals surface area contributed by atoms with E-state index in [1.54, 1.807) is 6.07 Å². The van der Waals surface area contributed by atoms with Crippen LogP contribution in [0.2, 0.25) is 5.02 Å². The molecule has 3 N–H and O–H groups in total. The van der Waals surface area contributed by atoms with Crippen LogP contribution in [0.3, 0.4) is 0 Å². The zero-order chi connectivity index (χ0) is 16.2. The van der Waals surface area contributed by atoms with Crippen molar-refractivity contribution >= 4 is 29.9 Å². The van der Waals surface area contributed by atoms with E-state index in [4.69, 9.17) is 17.3 Å². The van der Waals surface area contributed by atoms with Crippen molar-refractivity contribution in [2.75, 3.05) is 13.1 Å². The van der Waals surface area contributed by atoms with Crippen LogP contribution in [-0.2, 0) is 6.54 Å². The number of rotatable bonds is 6. The summed E-state index contributed by atoms with van der Waals surface area (Å²) >= 11 is 6.04. The van der Waals surface area contributed by atoms with Gasteiger partial charge in [0.15, 0.2) is 0 Å². The van der Waals surface area contributed by atoms with Crippen LogP contribution >= 0.6 is 24.0 Å². The van der Waals surface area contributed by atoms with E-state index in [0.29, 0.717) is 11.6 Å². The first-order valence-electron chi connectivity index (χ1n) is 6.53. The van der Waals surface area contributed by atoms with Crippen LogP contribution in [0.4, 0.5) is 8.78 Å². The highest BCUT2D eigenvalue weighted by atomic mass is 35.5. The molecular weight excluding hydrogens is 349 g/mol. The maximum absolute atomic E-state index is 13.0. The molecule has 0 radical (unpaired) electrons. The summed E-state index contributed by atoms with van der Waals surface area (Å²) in [4.78, 5) is 11.8. The number of alkyl halides is 2. The summed E-state index contributed by atoms with van der Waals surface area (Å²) in [6.07, 6.45) is 2.78. The number of nitrogens with one attached hydrogen (secondary N) is 1. The van der Waals surface area contributed by atoms with Crippen molar-refractivity contribution in [3.8, 4) is 0 Å². The van der Waals surface area contributed by atoms with Crippen molar-refractivity contribution in [1.82, 2.24) is 15.1 Å². The second-order valence-corrected chi connectivity index (χ2v) is 5.17. The number of halogens is 4. The molecule has 0 atom stereocenters. The summed E-state index contributed by atoms with van der Waals surface area (Å²) in [7, 11) is 0. The lowest BCUT2D eigenvalue weighted by Crippen LogP contribution is -2.41. The van der Waals surface area contributed by atoms with E-state index in [9.17, 15) is 13.6 Å². The number of carbonyl (C=O) groups excluding carboxylic acids is 1. The number of carbonyl (C=O) groups is 1. The quantitative estimate of drug-likeness (QED) is 0.825. The highest BCUT2D eigenvalue weighted by Crippen LogP contribution is 2.16. The van der Waals surface area contributed by atoms with Gasteiger partial charge in [-0.25, -0.2) is 8.78 Å². The fourth-order valence-corrected chi connectivity index (χ4v) is 1.95. The lowest BCUT2D eigenvalue weighted by atomic mass is 10.2. The first-order chi connectivity index (χ1) is 10.4. The van der Waals surface area contributed by atoms with Gasteiger partial charge in [0, 0.05) is 11.2 Å². The van der Waals surface area contributed by atoms with Crippen molar-refractivity contribution in [3.05, 3.63) is 52.8 Å². The van der Waals surface area contributed by atoms with Crippen LogP contribution < -0.4 is 11.1 Å². The smallest absolute Gasteiger partial charge is 0.277 e. The van der Waals surface area contributed by atoms with E-state index < -0.39 is 24.9 Å². The second kappa shape index (κ2) is 8.24. The van der Waals surface area contributed by atoms with Crippen LogP contribution in [-0.4, -0.2) is 34.7 Å². The Hall–Kier alpha value is -1.70. The standard InChI is InChI=1S/C14H15ClF2N4O.ClH/c15-12-4-2-1-3-10(12)6-21-7-11(5-20-21)13(22)19-9-14(16,17)8-18;/h1-5,7H,6,8-9,18H2,(H,19,22);1H. The van der Waals surface area contributed by atoms with Gasteiger partial charge >= 0.3 is 0 Å². The Morgan fingerprint density at radius 1 is 1.39 bits per heavy atom. The third-order valence-corrected chi connectivity index (χ3v) is 3.36. The van der Waals surface area contributed by atoms with Gasteiger partial charge in [0.1, 0.15) is 0 Å². The topological polar surface area (TPSA) is 72.9 Å². The Morgan fingerprint density at radius 3 is 2.74 bits per heavy atom. The molecule has 2 rings (SSSR count). The molecule has 0 aliphatic carbocycles. The summed E-state index contributed by atoms with van der Waals surface area (Å²) in [6, 6.07) is 7.24. The lowest BCUT2D eigenvalue weighted by molar-refractivity contribution is 0.0118. The van der Waals surface area contributed by atoms with Crippen LogP contribution in [0.25, 0.3) is 0 Å². The molecule has 0 unspecified atom stereocenters. The minimum absolute atomic E-state index is 0. The Kier molecular flexibility index (Phi) is 6.93. The summed E-state index contributed by atoms with van der Waals surface area (Å²) in [5.41, 5.74) is 5.94. The van der Waals surface area contributed by atoms with Crippen molar-refractivity contribution < 1.29 is 13.6 Å². The fourth-order valence-electron chi connectivity index (χ4n) is 1.75. The average molecular weight is 365 g/mol. The molecule has 0 saturated heterocycles. The number of amides is 1. The van der Waals surface area contributed by atoms with Gasteiger partial charge < -0.3 is 11.1 Å². The van der Waals surface area contributed by atoms with Crippen molar-refractivity contribution in [1.29, 1.82) is 0 Å². The van der Waals surface area contributed by atoms with Gasteiger partial charge in [0.2, 0.25) is 0 Å². The Bertz CT molecular complexity index is 664. The first-order valence-corrected chi connectivity index (χ1v) is 6.91. The fraction of sp³-hybridized carbons (Fsp3) is 0.286. The van der Waals surface area contributed by atoms with Crippen LogP contribution in [0.1, 0.15) is 15.9 Å². The summed E-state index contributed by atoms with van der Waals surface area (Å²) in [5, 5.41) is 6.74. The third-order valence-electron chi connectivity index (χ3n) is 2.99. The minimum atomic E-state index is -3.12. The number of benzene rings is 1. The minimum Gasteiger partial charge on any atom is -0.346 e. The second-order valence-electron chi connectivity index (χ2n) is 4.76. The van der Waals surface area contributed by atoms with Crippen LogP contribution in [0.15, 0.2) is 36.7 Å². The predicted molar refractivity (Wildman–Crippen MR) is 86.4 cm³/mol. The molecule has 1 heterocycles. The van der Waals surface area contributed by atoms with Gasteiger partial charge in [-0.1, -0.05) is 29.8 Å². The molecule has 126 valence electrons. The molecule has 2 aromatic rings. The highest BCUT2D eigenvalue weighted by molar-refractivity contribution is 6.31. The maximum Gasteiger partial charge on any atom is 0.277 e. The number of aromatic nitrogens is 2. The molecule has 0 bridgehead atoms. The molecule has 0 fully saturated rings. The summed E-state index contributed by atoms with van der Waals surface area (Å²) in [5.74, 6) is -3.75. The van der Waals surface area contributed by atoms with Gasteiger partial charge in [-0.05, 0) is 11.6 Å². The molecule has 1 amide bonds. The van der Waals surface area contributed by atoms with Gasteiger partial charge in [0.05, 0.1) is 31.4 Å². The predicted octanol–water partition coefficient (Wildman–Crippen LogP) is 2.33. The molecular formula is C14H16Cl2F2N4O. The molecule has 5 nitrogen and oxygen atoms in total. The Balaban J connectivity index is 0.00000264. The van der Waals surface area contributed by atoms with Gasteiger partial charge in [-0.2, -0.15) is 5.10 Å². The highest BCUT2D eigenvalue weighted by Gasteiger charge is 2.27. The largest absolute Gasteiger partial charge is 0.346 e. The molecule has 0 spiro atoms. The normalized spacial score (nSPS) is 11.0. The van der Waals surface area contributed by atoms with Crippen LogP contribution in [0, 0.1) is 0 Å². The SMILES string of the molecule is Cl.NCC(F)(F)CNC(=O)c1cnn(Cc2ccccc2Cl)c1. The zero-order valence-electron chi connectivity index (χ0n) is 12.0. The molecule has 0 aliphatic rings. The number of hydrogen-bond acceptors (Lipinski definition) is 3. The lowest BCUT2D eigenvalue weighted by Gasteiger charge is -2.13.